The number of sulfonamides is 2. The first-order valence-corrected chi connectivity index (χ1v) is 16.2. The Morgan fingerprint density at radius 1 is 0.611 bits per heavy atom. The molecule has 36 heavy (non-hydrogen) atoms. The SMILES string of the molecule is CC(C)S(=O)(=O)Nc1ccc(C=Cc2ccc(NS(=O)(=O)C(C)C)cc2S(=O)(=O)O)c(S(=O)(=O)O)c1. The zero-order chi connectivity index (χ0) is 27.7. The van der Waals surface area contributed by atoms with Gasteiger partial charge >= 0.3 is 0 Å². The van der Waals surface area contributed by atoms with Crippen LogP contribution in [0.25, 0.3) is 12.2 Å². The van der Waals surface area contributed by atoms with Crippen molar-refractivity contribution in [1.29, 1.82) is 0 Å². The maximum Gasteiger partial charge on any atom is 0.295 e. The molecule has 200 valence electrons. The lowest BCUT2D eigenvalue weighted by molar-refractivity contribution is 0.480. The molecule has 0 bridgehead atoms. The molecule has 0 aromatic heterocycles. The summed E-state index contributed by atoms with van der Waals surface area (Å²) in [7, 11) is -17.3. The fourth-order valence-corrected chi connectivity index (χ4v) is 5.46. The lowest BCUT2D eigenvalue weighted by Crippen LogP contribution is -2.22. The highest BCUT2D eigenvalue weighted by molar-refractivity contribution is 7.93. The summed E-state index contributed by atoms with van der Waals surface area (Å²) in [5.41, 5.74) is -0.519. The van der Waals surface area contributed by atoms with Crippen LogP contribution in [0.4, 0.5) is 11.4 Å². The average Bonchev–Trinajstić information content (AvgIpc) is 2.71. The highest BCUT2D eigenvalue weighted by Gasteiger charge is 2.21. The molecule has 0 heterocycles. The number of rotatable bonds is 10. The first kappa shape index (κ1) is 29.7. The Morgan fingerprint density at radius 2 is 0.917 bits per heavy atom. The zero-order valence-electron chi connectivity index (χ0n) is 19.6. The van der Waals surface area contributed by atoms with E-state index in [1.807, 2.05) is 0 Å². The van der Waals surface area contributed by atoms with Crippen molar-refractivity contribution in [2.24, 2.45) is 0 Å². The summed E-state index contributed by atoms with van der Waals surface area (Å²) in [6.45, 7) is 5.65. The lowest BCUT2D eigenvalue weighted by atomic mass is 10.1. The molecule has 0 spiro atoms. The molecule has 0 aliphatic carbocycles. The second-order valence-electron chi connectivity index (χ2n) is 8.18. The van der Waals surface area contributed by atoms with Gasteiger partial charge in [-0.15, -0.1) is 0 Å². The Hall–Kier alpha value is -2.50. The highest BCUT2D eigenvalue weighted by Crippen LogP contribution is 2.27. The van der Waals surface area contributed by atoms with E-state index >= 15 is 0 Å². The summed E-state index contributed by atoms with van der Waals surface area (Å²) in [6.07, 6.45) is 2.23. The molecule has 2 aromatic rings. The third-order valence-corrected chi connectivity index (χ3v) is 10.1. The summed E-state index contributed by atoms with van der Waals surface area (Å²) >= 11 is 0. The Morgan fingerprint density at radius 3 is 1.17 bits per heavy atom. The Balaban J connectivity index is 2.57. The molecule has 0 saturated heterocycles. The van der Waals surface area contributed by atoms with Crippen molar-refractivity contribution in [3.8, 4) is 0 Å². The number of nitrogens with one attached hydrogen (secondary N) is 2. The van der Waals surface area contributed by atoms with Crippen LogP contribution in [0.15, 0.2) is 46.2 Å². The van der Waals surface area contributed by atoms with Gasteiger partial charge in [0.05, 0.1) is 10.5 Å². The predicted octanol–water partition coefficient (Wildman–Crippen LogP) is 2.65. The van der Waals surface area contributed by atoms with Crippen molar-refractivity contribution in [3.05, 3.63) is 47.5 Å². The van der Waals surface area contributed by atoms with Gasteiger partial charge in [0.1, 0.15) is 9.79 Å². The standard InChI is InChI=1S/C20H26N2O10S4/c1-13(2)33(23,24)21-17-9-7-15(19(11-17)35(27,28)29)5-6-16-8-10-18(12-20(16)36(30,31)32)22-34(25,26)14(3)4/h5-14,21-22H,1-4H3,(H,27,28,29)(H,30,31,32). The Kier molecular flexibility index (Phi) is 8.65. The predicted molar refractivity (Wildman–Crippen MR) is 137 cm³/mol. The Labute approximate surface area is 211 Å². The van der Waals surface area contributed by atoms with E-state index in [-0.39, 0.29) is 22.5 Å². The van der Waals surface area contributed by atoms with Crippen molar-refractivity contribution in [1.82, 2.24) is 0 Å². The highest BCUT2D eigenvalue weighted by atomic mass is 32.2. The van der Waals surface area contributed by atoms with Crippen LogP contribution in [-0.4, -0.2) is 53.3 Å². The van der Waals surface area contributed by atoms with Crippen molar-refractivity contribution in [2.45, 2.75) is 48.0 Å². The van der Waals surface area contributed by atoms with E-state index in [1.165, 1.54) is 52.0 Å². The third kappa shape index (κ3) is 7.50. The van der Waals surface area contributed by atoms with Gasteiger partial charge in [0.2, 0.25) is 20.0 Å². The van der Waals surface area contributed by atoms with Crippen LogP contribution in [0, 0.1) is 0 Å². The fourth-order valence-electron chi connectivity index (χ4n) is 2.66. The third-order valence-electron chi connectivity index (χ3n) is 4.79. The lowest BCUT2D eigenvalue weighted by Gasteiger charge is -2.13. The quantitative estimate of drug-likeness (QED) is 0.238. The van der Waals surface area contributed by atoms with Crippen LogP contribution in [0.5, 0.6) is 0 Å². The monoisotopic (exact) mass is 582 g/mol. The summed E-state index contributed by atoms with van der Waals surface area (Å²) in [5.74, 6) is 0. The molecule has 2 rings (SSSR count). The van der Waals surface area contributed by atoms with Gasteiger partial charge in [-0.3, -0.25) is 18.5 Å². The molecule has 4 N–H and O–H groups in total. The fraction of sp³-hybridized carbons (Fsp3) is 0.300. The molecule has 0 aliphatic heterocycles. The van der Waals surface area contributed by atoms with E-state index in [2.05, 4.69) is 9.44 Å². The van der Waals surface area contributed by atoms with Gasteiger partial charge in [-0.2, -0.15) is 16.8 Å². The van der Waals surface area contributed by atoms with Gasteiger partial charge in [-0.25, -0.2) is 16.8 Å². The second kappa shape index (κ2) is 10.5. The first-order valence-electron chi connectivity index (χ1n) is 10.2. The van der Waals surface area contributed by atoms with Gasteiger partial charge in [-0.05, 0) is 63.1 Å². The zero-order valence-corrected chi connectivity index (χ0v) is 22.8. The van der Waals surface area contributed by atoms with Gasteiger partial charge in [0.15, 0.2) is 0 Å². The molecular weight excluding hydrogens is 556 g/mol. The summed E-state index contributed by atoms with van der Waals surface area (Å²) in [4.78, 5) is -1.34. The van der Waals surface area contributed by atoms with Crippen LogP contribution in [-0.2, 0) is 40.3 Å². The molecule has 16 heteroatoms. The van der Waals surface area contributed by atoms with Gasteiger partial charge in [0.25, 0.3) is 20.2 Å². The van der Waals surface area contributed by atoms with Crippen molar-refractivity contribution in [3.63, 3.8) is 0 Å². The van der Waals surface area contributed by atoms with Crippen LogP contribution >= 0.6 is 0 Å². The minimum absolute atomic E-state index is 0.129. The van der Waals surface area contributed by atoms with Crippen LogP contribution in [0.3, 0.4) is 0 Å². The minimum atomic E-state index is -4.84. The van der Waals surface area contributed by atoms with Gasteiger partial charge in [-0.1, -0.05) is 24.3 Å². The topological polar surface area (TPSA) is 201 Å². The van der Waals surface area contributed by atoms with E-state index in [9.17, 15) is 42.8 Å². The molecule has 0 radical (unpaired) electrons. The summed E-state index contributed by atoms with van der Waals surface area (Å²) in [5, 5.41) is -1.64. The van der Waals surface area contributed by atoms with Gasteiger partial charge < -0.3 is 0 Å². The first-order chi connectivity index (χ1) is 16.2. The minimum Gasteiger partial charge on any atom is -0.283 e. The van der Waals surface area contributed by atoms with Crippen molar-refractivity contribution < 1.29 is 42.8 Å². The normalized spacial score (nSPS) is 13.4. The van der Waals surface area contributed by atoms with Crippen LogP contribution in [0.2, 0.25) is 0 Å². The molecule has 0 fully saturated rings. The maximum absolute atomic E-state index is 12.1. The van der Waals surface area contributed by atoms with E-state index in [0.29, 0.717) is 0 Å². The molecule has 0 amide bonds. The number of hydrogen-bond donors (Lipinski definition) is 4. The smallest absolute Gasteiger partial charge is 0.283 e. The molecule has 12 nitrogen and oxygen atoms in total. The Bertz CT molecular complexity index is 1490. The van der Waals surface area contributed by atoms with E-state index in [0.717, 1.165) is 24.3 Å². The molecule has 0 unspecified atom stereocenters. The van der Waals surface area contributed by atoms with Crippen molar-refractivity contribution >= 4 is 63.8 Å². The molecule has 0 saturated carbocycles. The molecule has 2 aromatic carbocycles. The van der Waals surface area contributed by atoms with E-state index < -0.39 is 60.6 Å². The molecule has 0 atom stereocenters. The van der Waals surface area contributed by atoms with Crippen LogP contribution in [0.1, 0.15) is 38.8 Å². The molecular formula is C20H26N2O10S4. The summed E-state index contributed by atoms with van der Waals surface area (Å²) < 4.78 is 120. The second-order valence-corrected chi connectivity index (χ2v) is 15.4. The summed E-state index contributed by atoms with van der Waals surface area (Å²) in [6, 6.07) is 6.61. The van der Waals surface area contributed by atoms with E-state index in [4.69, 9.17) is 0 Å². The van der Waals surface area contributed by atoms with Crippen molar-refractivity contribution in [2.75, 3.05) is 9.44 Å². The number of hydrogen-bond acceptors (Lipinski definition) is 8. The number of benzene rings is 2. The van der Waals surface area contributed by atoms with E-state index in [1.54, 1.807) is 0 Å². The maximum atomic E-state index is 12.1. The largest absolute Gasteiger partial charge is 0.295 e. The van der Waals surface area contributed by atoms with Gasteiger partial charge in [0, 0.05) is 11.4 Å². The van der Waals surface area contributed by atoms with Crippen LogP contribution < -0.4 is 9.44 Å². The number of anilines is 2. The average molecular weight is 583 g/mol. The molecule has 0 aliphatic rings.